The maximum absolute atomic E-state index is 14.9. The second-order valence-electron chi connectivity index (χ2n) is 6.62. The Balaban J connectivity index is 1.72. The molecule has 0 radical (unpaired) electrons. The molecule has 0 fully saturated rings. The van der Waals surface area contributed by atoms with Crippen molar-refractivity contribution in [2.75, 3.05) is 11.9 Å². The van der Waals surface area contributed by atoms with Crippen LogP contribution in [0.1, 0.15) is 17.4 Å². The number of benzene rings is 2. The van der Waals surface area contributed by atoms with Crippen molar-refractivity contribution in [2.24, 2.45) is 0 Å². The number of pyridine rings is 1. The monoisotopic (exact) mass is 379 g/mol. The van der Waals surface area contributed by atoms with Crippen LogP contribution in [0.15, 0.2) is 73.2 Å². The van der Waals surface area contributed by atoms with Gasteiger partial charge in [-0.05, 0) is 48.9 Å². The van der Waals surface area contributed by atoms with E-state index in [0.717, 1.165) is 22.5 Å². The summed E-state index contributed by atoms with van der Waals surface area (Å²) >= 11 is 6.41. The molecule has 0 spiro atoms. The van der Waals surface area contributed by atoms with Gasteiger partial charge in [0.2, 0.25) is 0 Å². The molecule has 0 N–H and O–H groups in total. The van der Waals surface area contributed by atoms with Crippen LogP contribution in [0.2, 0.25) is 5.02 Å². The van der Waals surface area contributed by atoms with Crippen LogP contribution >= 0.6 is 11.6 Å². The normalized spacial score (nSPS) is 16.2. The van der Waals surface area contributed by atoms with Crippen LogP contribution in [-0.2, 0) is 0 Å². The van der Waals surface area contributed by atoms with Crippen LogP contribution in [0.25, 0.3) is 11.1 Å². The van der Waals surface area contributed by atoms with Crippen molar-refractivity contribution in [3.05, 3.63) is 95.3 Å². The smallest absolute Gasteiger partial charge is 0.133 e. The van der Waals surface area contributed by atoms with Gasteiger partial charge in [-0.2, -0.15) is 0 Å². The van der Waals surface area contributed by atoms with Crippen molar-refractivity contribution < 1.29 is 4.39 Å². The molecule has 1 atom stereocenters. The number of anilines is 1. The number of hydrogen-bond acceptors (Lipinski definition) is 3. The summed E-state index contributed by atoms with van der Waals surface area (Å²) in [7, 11) is 1.98. The predicted molar refractivity (Wildman–Crippen MR) is 108 cm³/mol. The molecule has 1 aliphatic rings. The maximum Gasteiger partial charge on any atom is 0.133 e. The summed E-state index contributed by atoms with van der Waals surface area (Å²) in [5.74, 6) is -0.265. The van der Waals surface area contributed by atoms with E-state index in [1.807, 2.05) is 79.8 Å². The molecule has 1 aliphatic heterocycles. The molecule has 0 aliphatic carbocycles. The van der Waals surface area contributed by atoms with Crippen molar-refractivity contribution >= 4 is 17.3 Å². The zero-order valence-corrected chi connectivity index (χ0v) is 15.9. The lowest BCUT2D eigenvalue weighted by Crippen LogP contribution is -2.28. The summed E-state index contributed by atoms with van der Waals surface area (Å²) in [6.07, 6.45) is 5.49. The first kappa shape index (κ1) is 17.6. The molecule has 5 heteroatoms. The molecule has 0 bridgehead atoms. The standard InChI is InChI=1S/C22H19ClFN3/c1-15-13-16(9-10-25-15)18-8-7-17(14-21(18)24)27-12-11-26(2)22(27)19-5-3-4-6-20(19)23/h3-14,22H,1-2H3. The zero-order valence-electron chi connectivity index (χ0n) is 15.1. The van der Waals surface area contributed by atoms with Crippen molar-refractivity contribution in [3.8, 4) is 11.1 Å². The van der Waals surface area contributed by atoms with Gasteiger partial charge in [-0.15, -0.1) is 0 Å². The van der Waals surface area contributed by atoms with Crippen LogP contribution < -0.4 is 4.90 Å². The fraction of sp³-hybridized carbons (Fsp3) is 0.136. The number of rotatable bonds is 3. The Bertz CT molecular complexity index is 1020. The van der Waals surface area contributed by atoms with Gasteiger partial charge in [0, 0.05) is 53.2 Å². The molecule has 1 aromatic heterocycles. The minimum atomic E-state index is -0.265. The van der Waals surface area contributed by atoms with Gasteiger partial charge in [-0.25, -0.2) is 4.39 Å². The van der Waals surface area contributed by atoms with Crippen molar-refractivity contribution in [3.63, 3.8) is 0 Å². The second kappa shape index (κ2) is 7.05. The fourth-order valence-corrected chi connectivity index (χ4v) is 3.66. The highest BCUT2D eigenvalue weighted by atomic mass is 35.5. The molecule has 0 saturated heterocycles. The molecule has 3 aromatic rings. The first-order valence-corrected chi connectivity index (χ1v) is 9.08. The fourth-order valence-electron chi connectivity index (χ4n) is 3.43. The van der Waals surface area contributed by atoms with Crippen LogP contribution in [0.5, 0.6) is 0 Å². The van der Waals surface area contributed by atoms with Crippen LogP contribution in [-0.4, -0.2) is 16.9 Å². The van der Waals surface area contributed by atoms with Crippen LogP contribution in [0, 0.1) is 12.7 Å². The average molecular weight is 380 g/mol. The Morgan fingerprint density at radius 3 is 2.59 bits per heavy atom. The lowest BCUT2D eigenvalue weighted by molar-refractivity contribution is 0.368. The van der Waals surface area contributed by atoms with Crippen LogP contribution in [0.4, 0.5) is 10.1 Å². The quantitative estimate of drug-likeness (QED) is 0.575. The van der Waals surface area contributed by atoms with E-state index in [0.29, 0.717) is 10.6 Å². The molecular weight excluding hydrogens is 361 g/mol. The van der Waals surface area contributed by atoms with Gasteiger partial charge in [0.1, 0.15) is 12.0 Å². The predicted octanol–water partition coefficient (Wildman–Crippen LogP) is 5.77. The highest BCUT2D eigenvalue weighted by molar-refractivity contribution is 6.31. The first-order chi connectivity index (χ1) is 13.0. The summed E-state index contributed by atoms with van der Waals surface area (Å²) in [6.45, 7) is 1.90. The van der Waals surface area contributed by atoms with Gasteiger partial charge in [0.25, 0.3) is 0 Å². The SMILES string of the molecule is Cc1cc(-c2ccc(N3C=CN(C)C3c3ccccc3Cl)cc2F)ccn1. The number of aromatic nitrogens is 1. The van der Waals surface area contributed by atoms with E-state index in [-0.39, 0.29) is 12.0 Å². The largest absolute Gasteiger partial charge is 0.355 e. The van der Waals surface area contributed by atoms with E-state index in [4.69, 9.17) is 11.6 Å². The van der Waals surface area contributed by atoms with Crippen molar-refractivity contribution in [2.45, 2.75) is 13.1 Å². The maximum atomic E-state index is 14.9. The summed E-state index contributed by atoms with van der Waals surface area (Å²) in [4.78, 5) is 8.25. The number of aryl methyl sites for hydroxylation is 1. The van der Waals surface area contributed by atoms with Crippen molar-refractivity contribution in [1.29, 1.82) is 0 Å². The van der Waals surface area contributed by atoms with Gasteiger partial charge in [-0.3, -0.25) is 4.98 Å². The Morgan fingerprint density at radius 1 is 1.04 bits per heavy atom. The molecular formula is C22H19ClFN3. The Labute approximate surface area is 163 Å². The van der Waals surface area contributed by atoms with E-state index < -0.39 is 0 Å². The molecule has 136 valence electrons. The van der Waals surface area contributed by atoms with E-state index in [1.54, 1.807) is 12.3 Å². The zero-order chi connectivity index (χ0) is 19.0. The van der Waals surface area contributed by atoms with Gasteiger partial charge < -0.3 is 9.80 Å². The Hall–Kier alpha value is -2.85. The van der Waals surface area contributed by atoms with E-state index in [9.17, 15) is 4.39 Å². The summed E-state index contributed by atoms with van der Waals surface area (Å²) in [5, 5.41) is 0.687. The van der Waals surface area contributed by atoms with E-state index in [2.05, 4.69) is 9.88 Å². The third-order valence-electron chi connectivity index (χ3n) is 4.75. The van der Waals surface area contributed by atoms with Crippen LogP contribution in [0.3, 0.4) is 0 Å². The van der Waals surface area contributed by atoms with E-state index >= 15 is 0 Å². The van der Waals surface area contributed by atoms with Crippen molar-refractivity contribution in [1.82, 2.24) is 9.88 Å². The topological polar surface area (TPSA) is 19.4 Å². The van der Waals surface area contributed by atoms with Gasteiger partial charge in [0.05, 0.1) is 0 Å². The minimum Gasteiger partial charge on any atom is -0.355 e. The lowest BCUT2D eigenvalue weighted by Gasteiger charge is -2.31. The third kappa shape index (κ3) is 3.28. The average Bonchev–Trinajstić information content (AvgIpc) is 3.03. The number of nitrogens with zero attached hydrogens (tertiary/aromatic N) is 3. The number of hydrogen-bond donors (Lipinski definition) is 0. The highest BCUT2D eigenvalue weighted by Gasteiger charge is 2.28. The summed E-state index contributed by atoms with van der Waals surface area (Å²) < 4.78 is 14.9. The molecule has 0 saturated carbocycles. The molecule has 3 nitrogen and oxygen atoms in total. The van der Waals surface area contributed by atoms with Gasteiger partial charge in [-0.1, -0.05) is 29.8 Å². The summed E-state index contributed by atoms with van der Waals surface area (Å²) in [5.41, 5.74) is 3.99. The van der Waals surface area contributed by atoms with E-state index in [1.165, 1.54) is 0 Å². The molecule has 2 aromatic carbocycles. The molecule has 4 rings (SSSR count). The lowest BCUT2D eigenvalue weighted by atomic mass is 10.0. The summed E-state index contributed by atoms with van der Waals surface area (Å²) in [6, 6.07) is 16.7. The molecule has 1 unspecified atom stereocenters. The molecule has 27 heavy (non-hydrogen) atoms. The second-order valence-corrected chi connectivity index (χ2v) is 7.02. The third-order valence-corrected chi connectivity index (χ3v) is 5.10. The molecule has 2 heterocycles. The molecule has 0 amide bonds. The Morgan fingerprint density at radius 2 is 1.85 bits per heavy atom. The van der Waals surface area contributed by atoms with Gasteiger partial charge >= 0.3 is 0 Å². The minimum absolute atomic E-state index is 0.118. The number of halogens is 2. The van der Waals surface area contributed by atoms with Gasteiger partial charge in [0.15, 0.2) is 0 Å². The Kier molecular flexibility index (Phi) is 4.58. The first-order valence-electron chi connectivity index (χ1n) is 8.70. The highest BCUT2D eigenvalue weighted by Crippen LogP contribution is 2.38.